The number of hydrogen-bond donors (Lipinski definition) is 0. The quantitative estimate of drug-likeness (QED) is 0.675. The van der Waals surface area contributed by atoms with Gasteiger partial charge in [0.15, 0.2) is 0 Å². The van der Waals surface area contributed by atoms with Crippen LogP contribution in [-0.2, 0) is 19.9 Å². The van der Waals surface area contributed by atoms with Crippen LogP contribution in [0, 0.1) is 17.8 Å². The van der Waals surface area contributed by atoms with E-state index in [0.717, 1.165) is 20.0 Å². The molecular weight excluding hydrogens is 345 g/mol. The summed E-state index contributed by atoms with van der Waals surface area (Å²) in [6, 6.07) is 6.95. The number of rotatable bonds is 5. The van der Waals surface area contributed by atoms with Crippen molar-refractivity contribution in [2.24, 2.45) is 17.8 Å². The van der Waals surface area contributed by atoms with Gasteiger partial charge in [-0.15, -0.1) is 0 Å². The molecule has 0 radical (unpaired) electrons. The van der Waals surface area contributed by atoms with E-state index in [-0.39, 0.29) is 17.4 Å². The molecule has 1 aliphatic carbocycles. The number of carbonyl (C=O) groups excluding carboxylic acids is 1. The van der Waals surface area contributed by atoms with E-state index in [4.69, 9.17) is 9.47 Å². The van der Waals surface area contributed by atoms with Crippen LogP contribution < -0.4 is 0 Å². The number of methoxy groups -OCH3 is 1. The standard InChI is InChI=1S/C20H27F3O3/c1-13(2)16-11-10-14(3)12-17(16)26-18(24)19(25-4,20(21,22)23)15-8-6-5-7-9-15/h5-9,13-14,16-17H,10-12H2,1-4H3/t14-,16+,17+,19+/m1/s1. The molecular formula is C20H27F3O3. The fraction of sp³-hybridized carbons (Fsp3) is 0.650. The first-order valence-electron chi connectivity index (χ1n) is 9.02. The minimum absolute atomic E-state index is 0.0497. The first kappa shape index (κ1) is 20.7. The number of carbonyl (C=O) groups is 1. The van der Waals surface area contributed by atoms with Gasteiger partial charge in [0, 0.05) is 12.7 Å². The molecule has 1 fully saturated rings. The highest BCUT2D eigenvalue weighted by atomic mass is 19.4. The van der Waals surface area contributed by atoms with Crippen molar-refractivity contribution in [2.45, 2.75) is 57.9 Å². The van der Waals surface area contributed by atoms with Gasteiger partial charge in [-0.3, -0.25) is 0 Å². The predicted molar refractivity (Wildman–Crippen MR) is 92.4 cm³/mol. The first-order chi connectivity index (χ1) is 12.1. The Balaban J connectivity index is 2.38. The molecule has 1 aromatic rings. The van der Waals surface area contributed by atoms with Gasteiger partial charge in [-0.05, 0) is 30.6 Å². The molecule has 1 saturated carbocycles. The van der Waals surface area contributed by atoms with E-state index in [2.05, 4.69) is 0 Å². The highest BCUT2D eigenvalue weighted by molar-refractivity contribution is 5.82. The monoisotopic (exact) mass is 372 g/mol. The Morgan fingerprint density at radius 3 is 2.27 bits per heavy atom. The number of halogens is 3. The SMILES string of the molecule is CO[C@](C(=O)O[C@H]1C[C@H](C)CC[C@H]1C(C)C)(c1ccccc1)C(F)(F)F. The minimum atomic E-state index is -4.94. The Hall–Kier alpha value is -1.56. The lowest BCUT2D eigenvalue weighted by Gasteiger charge is -2.39. The molecule has 0 aliphatic heterocycles. The highest BCUT2D eigenvalue weighted by Crippen LogP contribution is 2.44. The van der Waals surface area contributed by atoms with E-state index in [1.165, 1.54) is 24.3 Å². The van der Waals surface area contributed by atoms with Gasteiger partial charge in [0.1, 0.15) is 6.10 Å². The largest absolute Gasteiger partial charge is 0.459 e. The third-order valence-corrected chi connectivity index (χ3v) is 5.39. The zero-order valence-corrected chi connectivity index (χ0v) is 15.7. The lowest BCUT2D eigenvalue weighted by molar-refractivity contribution is -0.279. The molecule has 0 amide bonds. The van der Waals surface area contributed by atoms with Gasteiger partial charge in [-0.1, -0.05) is 57.5 Å². The Bertz CT molecular complexity index is 600. The molecule has 1 aliphatic rings. The second kappa shape index (κ2) is 7.99. The van der Waals surface area contributed by atoms with Gasteiger partial charge in [0.05, 0.1) is 0 Å². The fourth-order valence-electron chi connectivity index (χ4n) is 3.86. The Labute approximate surface area is 152 Å². The molecule has 26 heavy (non-hydrogen) atoms. The topological polar surface area (TPSA) is 35.5 Å². The molecule has 4 atom stereocenters. The second-order valence-electron chi connectivity index (χ2n) is 7.52. The van der Waals surface area contributed by atoms with E-state index in [9.17, 15) is 18.0 Å². The summed E-state index contributed by atoms with van der Waals surface area (Å²) in [5.41, 5.74) is -3.39. The van der Waals surface area contributed by atoms with E-state index in [1.807, 2.05) is 20.8 Å². The average Bonchev–Trinajstić information content (AvgIpc) is 2.55. The highest BCUT2D eigenvalue weighted by Gasteiger charge is 2.64. The van der Waals surface area contributed by atoms with Crippen LogP contribution in [-0.4, -0.2) is 25.4 Å². The van der Waals surface area contributed by atoms with Crippen molar-refractivity contribution < 1.29 is 27.4 Å². The summed E-state index contributed by atoms with van der Waals surface area (Å²) in [6.45, 7) is 6.04. The fourth-order valence-corrected chi connectivity index (χ4v) is 3.86. The van der Waals surface area contributed by atoms with Crippen molar-refractivity contribution in [2.75, 3.05) is 7.11 Å². The molecule has 0 unspecified atom stereocenters. The molecule has 6 heteroatoms. The first-order valence-corrected chi connectivity index (χ1v) is 9.02. The number of ether oxygens (including phenoxy) is 2. The third kappa shape index (κ3) is 3.90. The zero-order chi connectivity index (χ0) is 19.5. The summed E-state index contributed by atoms with van der Waals surface area (Å²) in [6.07, 6.45) is -3.07. The van der Waals surface area contributed by atoms with Gasteiger partial charge >= 0.3 is 12.1 Å². The molecule has 0 N–H and O–H groups in total. The van der Waals surface area contributed by atoms with Gasteiger partial charge in [-0.25, -0.2) is 4.79 Å². The number of esters is 1. The maximum atomic E-state index is 14.0. The molecule has 0 heterocycles. The second-order valence-corrected chi connectivity index (χ2v) is 7.52. The lowest BCUT2D eigenvalue weighted by atomic mass is 9.75. The van der Waals surface area contributed by atoms with Crippen LogP contribution in [0.3, 0.4) is 0 Å². The van der Waals surface area contributed by atoms with Gasteiger partial charge in [0.2, 0.25) is 0 Å². The number of alkyl halides is 3. The molecule has 146 valence electrons. The Kier molecular flexibility index (Phi) is 6.37. The molecule has 0 spiro atoms. The predicted octanol–water partition coefficient (Wildman–Crippen LogP) is 5.09. The van der Waals surface area contributed by atoms with Gasteiger partial charge in [-0.2, -0.15) is 13.2 Å². The van der Waals surface area contributed by atoms with Crippen molar-refractivity contribution in [1.82, 2.24) is 0 Å². The van der Waals surface area contributed by atoms with Crippen molar-refractivity contribution in [1.29, 1.82) is 0 Å². The summed E-state index contributed by atoms with van der Waals surface area (Å²) in [5, 5.41) is 0. The summed E-state index contributed by atoms with van der Waals surface area (Å²) in [7, 11) is 0.894. The Morgan fingerprint density at radius 2 is 1.77 bits per heavy atom. The summed E-state index contributed by atoms with van der Waals surface area (Å²) in [4.78, 5) is 12.8. The van der Waals surface area contributed by atoms with Gasteiger partial charge in [0.25, 0.3) is 5.60 Å². The third-order valence-electron chi connectivity index (χ3n) is 5.39. The summed E-state index contributed by atoms with van der Waals surface area (Å²) >= 11 is 0. The smallest absolute Gasteiger partial charge is 0.432 e. The van der Waals surface area contributed by atoms with Crippen molar-refractivity contribution in [3.8, 4) is 0 Å². The Morgan fingerprint density at radius 1 is 1.15 bits per heavy atom. The molecule has 1 aromatic carbocycles. The van der Waals surface area contributed by atoms with Crippen LogP contribution >= 0.6 is 0 Å². The van der Waals surface area contributed by atoms with Crippen molar-refractivity contribution in [3.05, 3.63) is 35.9 Å². The molecule has 0 saturated heterocycles. The van der Waals surface area contributed by atoms with Crippen LogP contribution in [0.25, 0.3) is 0 Å². The lowest BCUT2D eigenvalue weighted by Crippen LogP contribution is -2.53. The summed E-state index contributed by atoms with van der Waals surface area (Å²) < 4.78 is 52.2. The van der Waals surface area contributed by atoms with Crippen LogP contribution in [0.5, 0.6) is 0 Å². The number of benzene rings is 1. The van der Waals surface area contributed by atoms with Crippen LogP contribution in [0.15, 0.2) is 30.3 Å². The average molecular weight is 372 g/mol. The molecule has 0 aromatic heterocycles. The van der Waals surface area contributed by atoms with E-state index < -0.39 is 23.9 Å². The minimum Gasteiger partial charge on any atom is -0.459 e. The van der Waals surface area contributed by atoms with Crippen LogP contribution in [0.2, 0.25) is 0 Å². The van der Waals surface area contributed by atoms with E-state index in [1.54, 1.807) is 6.07 Å². The van der Waals surface area contributed by atoms with Gasteiger partial charge < -0.3 is 9.47 Å². The van der Waals surface area contributed by atoms with Crippen molar-refractivity contribution >= 4 is 5.97 Å². The number of hydrogen-bond acceptors (Lipinski definition) is 3. The zero-order valence-electron chi connectivity index (χ0n) is 15.7. The van der Waals surface area contributed by atoms with Crippen LogP contribution in [0.1, 0.15) is 45.6 Å². The molecule has 3 nitrogen and oxygen atoms in total. The van der Waals surface area contributed by atoms with Crippen LogP contribution in [0.4, 0.5) is 13.2 Å². The normalized spacial score (nSPS) is 26.4. The molecule has 0 bridgehead atoms. The van der Waals surface area contributed by atoms with Crippen molar-refractivity contribution in [3.63, 3.8) is 0 Å². The maximum absolute atomic E-state index is 14.0. The van der Waals surface area contributed by atoms with E-state index in [0.29, 0.717) is 12.3 Å². The maximum Gasteiger partial charge on any atom is 0.432 e. The van der Waals surface area contributed by atoms with E-state index >= 15 is 0 Å². The molecule has 2 rings (SSSR count). The summed E-state index contributed by atoms with van der Waals surface area (Å²) in [5.74, 6) is -0.806.